The topological polar surface area (TPSA) is 24.5 Å². The van der Waals surface area contributed by atoms with Crippen molar-refractivity contribution in [3.63, 3.8) is 0 Å². The second-order valence-corrected chi connectivity index (χ2v) is 6.24. The number of alkyl halides is 1. The molecule has 0 bridgehead atoms. The van der Waals surface area contributed by atoms with E-state index >= 15 is 0 Å². The largest absolute Gasteiger partial charge is 0.379 e. The van der Waals surface area contributed by atoms with Crippen molar-refractivity contribution in [2.75, 3.05) is 45.3 Å². The Balaban J connectivity index is 1.69. The van der Waals surface area contributed by atoms with Gasteiger partial charge in [0.2, 0.25) is 0 Å². The minimum Gasteiger partial charge on any atom is -0.379 e. The number of halogens is 1. The van der Waals surface area contributed by atoms with E-state index < -0.39 is 0 Å². The third kappa shape index (κ3) is 4.09. The van der Waals surface area contributed by atoms with Crippen LogP contribution in [0.3, 0.4) is 0 Å². The minimum atomic E-state index is 0.209. The fourth-order valence-electron chi connectivity index (χ4n) is 2.98. The number of ether oxygens (including phenoxy) is 1. The molecule has 2 fully saturated rings. The maximum Gasteiger partial charge on any atom is 0.0594 e. The van der Waals surface area contributed by atoms with Crippen LogP contribution in [0, 0.1) is 5.92 Å². The smallest absolute Gasteiger partial charge is 0.0594 e. The molecule has 106 valence electrons. The molecule has 0 amide bonds. The molecular weight excluding hydrogens is 248 g/mol. The molecule has 1 heterocycles. The number of nitrogens with zero attached hydrogens (tertiary/aromatic N) is 1. The van der Waals surface area contributed by atoms with E-state index in [-0.39, 0.29) is 5.54 Å². The van der Waals surface area contributed by atoms with Crippen molar-refractivity contribution < 1.29 is 4.74 Å². The van der Waals surface area contributed by atoms with Gasteiger partial charge in [-0.15, -0.1) is 11.6 Å². The zero-order chi connectivity index (χ0) is 12.8. The standard InChI is InChI=1S/C14H27ClN2O/c1-13-2-4-14(12-15,5-3-13)16-6-7-17-8-10-18-11-9-17/h13,16H,2-12H2,1H3. The molecule has 0 unspecified atom stereocenters. The van der Waals surface area contributed by atoms with Crippen LogP contribution in [0.5, 0.6) is 0 Å². The first-order valence-electron chi connectivity index (χ1n) is 7.35. The Hall–Kier alpha value is 0.170. The molecule has 18 heavy (non-hydrogen) atoms. The van der Waals surface area contributed by atoms with Gasteiger partial charge in [-0.3, -0.25) is 4.90 Å². The third-order valence-corrected chi connectivity index (χ3v) is 5.03. The Morgan fingerprint density at radius 1 is 1.28 bits per heavy atom. The van der Waals surface area contributed by atoms with Crippen molar-refractivity contribution in [3.05, 3.63) is 0 Å². The summed E-state index contributed by atoms with van der Waals surface area (Å²) in [6, 6.07) is 0. The summed E-state index contributed by atoms with van der Waals surface area (Å²) in [6.45, 7) is 8.46. The van der Waals surface area contributed by atoms with E-state index in [0.717, 1.165) is 51.2 Å². The van der Waals surface area contributed by atoms with Gasteiger partial charge < -0.3 is 10.1 Å². The molecule has 2 aliphatic rings. The number of nitrogens with one attached hydrogen (secondary N) is 1. The Kier molecular flexibility index (Phi) is 5.74. The normalized spacial score (nSPS) is 34.7. The zero-order valence-electron chi connectivity index (χ0n) is 11.6. The average molecular weight is 275 g/mol. The van der Waals surface area contributed by atoms with Crippen molar-refractivity contribution in [3.8, 4) is 0 Å². The first-order chi connectivity index (χ1) is 8.74. The molecule has 0 atom stereocenters. The van der Waals surface area contributed by atoms with Gasteiger partial charge in [0.1, 0.15) is 0 Å². The van der Waals surface area contributed by atoms with E-state index in [0.29, 0.717) is 0 Å². The van der Waals surface area contributed by atoms with Crippen LogP contribution in [-0.2, 0) is 4.74 Å². The van der Waals surface area contributed by atoms with Gasteiger partial charge in [-0.25, -0.2) is 0 Å². The van der Waals surface area contributed by atoms with Crippen molar-refractivity contribution in [2.24, 2.45) is 5.92 Å². The lowest BCUT2D eigenvalue weighted by Gasteiger charge is -2.39. The molecule has 0 aromatic heterocycles. The van der Waals surface area contributed by atoms with E-state index in [4.69, 9.17) is 16.3 Å². The average Bonchev–Trinajstić information content (AvgIpc) is 2.43. The molecule has 4 heteroatoms. The summed E-state index contributed by atoms with van der Waals surface area (Å²) in [5.41, 5.74) is 0.209. The van der Waals surface area contributed by atoms with Crippen LogP contribution in [0.2, 0.25) is 0 Å². The molecule has 1 aliphatic heterocycles. The summed E-state index contributed by atoms with van der Waals surface area (Å²) < 4.78 is 5.37. The molecule has 3 nitrogen and oxygen atoms in total. The maximum absolute atomic E-state index is 6.21. The first kappa shape index (κ1) is 14.6. The zero-order valence-corrected chi connectivity index (χ0v) is 12.3. The predicted molar refractivity (Wildman–Crippen MR) is 76.3 cm³/mol. The van der Waals surface area contributed by atoms with Gasteiger partial charge in [0.25, 0.3) is 0 Å². The van der Waals surface area contributed by atoms with Gasteiger partial charge in [0.15, 0.2) is 0 Å². The van der Waals surface area contributed by atoms with Crippen LogP contribution in [0.15, 0.2) is 0 Å². The molecule has 1 N–H and O–H groups in total. The second kappa shape index (κ2) is 7.09. The summed E-state index contributed by atoms with van der Waals surface area (Å²) in [5, 5.41) is 3.74. The van der Waals surface area contributed by atoms with E-state index in [1.165, 1.54) is 25.7 Å². The molecule has 1 saturated heterocycles. The van der Waals surface area contributed by atoms with Gasteiger partial charge in [-0.1, -0.05) is 6.92 Å². The molecule has 2 rings (SSSR count). The van der Waals surface area contributed by atoms with Crippen LogP contribution < -0.4 is 5.32 Å². The third-order valence-electron chi connectivity index (χ3n) is 4.52. The lowest BCUT2D eigenvalue weighted by molar-refractivity contribution is 0.0370. The fraction of sp³-hybridized carbons (Fsp3) is 1.00. The summed E-state index contributed by atoms with van der Waals surface area (Å²) in [4.78, 5) is 2.48. The summed E-state index contributed by atoms with van der Waals surface area (Å²) in [7, 11) is 0. The lowest BCUT2D eigenvalue weighted by atomic mass is 9.78. The minimum absolute atomic E-state index is 0.209. The molecule has 0 aromatic carbocycles. The molecule has 1 aliphatic carbocycles. The number of hydrogen-bond acceptors (Lipinski definition) is 3. The van der Waals surface area contributed by atoms with Crippen LogP contribution >= 0.6 is 11.6 Å². The van der Waals surface area contributed by atoms with Crippen molar-refractivity contribution in [1.29, 1.82) is 0 Å². The van der Waals surface area contributed by atoms with E-state index in [1.54, 1.807) is 0 Å². The van der Waals surface area contributed by atoms with Crippen molar-refractivity contribution in [2.45, 2.75) is 38.1 Å². The Morgan fingerprint density at radius 2 is 1.94 bits per heavy atom. The molecule has 1 saturated carbocycles. The van der Waals surface area contributed by atoms with Crippen molar-refractivity contribution >= 4 is 11.6 Å². The Morgan fingerprint density at radius 3 is 2.56 bits per heavy atom. The number of rotatable bonds is 5. The van der Waals surface area contributed by atoms with Gasteiger partial charge >= 0.3 is 0 Å². The van der Waals surface area contributed by atoms with Gasteiger partial charge in [-0.05, 0) is 31.6 Å². The van der Waals surface area contributed by atoms with Crippen LogP contribution in [0.4, 0.5) is 0 Å². The SMILES string of the molecule is CC1CCC(CCl)(NCCN2CCOCC2)CC1. The first-order valence-corrected chi connectivity index (χ1v) is 7.89. The molecule has 0 aromatic rings. The van der Waals surface area contributed by atoms with Crippen LogP contribution in [0.1, 0.15) is 32.6 Å². The van der Waals surface area contributed by atoms with Crippen LogP contribution in [-0.4, -0.2) is 55.7 Å². The number of morpholine rings is 1. The highest BCUT2D eigenvalue weighted by molar-refractivity contribution is 6.18. The summed E-state index contributed by atoms with van der Waals surface area (Å²) >= 11 is 6.21. The molecular formula is C14H27ClN2O. The van der Waals surface area contributed by atoms with E-state index in [9.17, 15) is 0 Å². The van der Waals surface area contributed by atoms with E-state index in [1.807, 2.05) is 0 Å². The maximum atomic E-state index is 6.21. The highest BCUT2D eigenvalue weighted by atomic mass is 35.5. The highest BCUT2D eigenvalue weighted by Gasteiger charge is 2.32. The van der Waals surface area contributed by atoms with Gasteiger partial charge in [-0.2, -0.15) is 0 Å². The monoisotopic (exact) mass is 274 g/mol. The Labute approximate surface area is 116 Å². The summed E-state index contributed by atoms with van der Waals surface area (Å²) in [6.07, 6.45) is 5.11. The van der Waals surface area contributed by atoms with Gasteiger partial charge in [0, 0.05) is 37.6 Å². The molecule has 0 radical (unpaired) electrons. The quantitative estimate of drug-likeness (QED) is 0.777. The van der Waals surface area contributed by atoms with Crippen LogP contribution in [0.25, 0.3) is 0 Å². The van der Waals surface area contributed by atoms with Crippen molar-refractivity contribution in [1.82, 2.24) is 10.2 Å². The second-order valence-electron chi connectivity index (χ2n) is 5.98. The molecule has 0 spiro atoms. The fourth-order valence-corrected chi connectivity index (χ4v) is 3.34. The lowest BCUT2D eigenvalue weighted by Crippen LogP contribution is -2.52. The number of hydrogen-bond donors (Lipinski definition) is 1. The predicted octanol–water partition coefficient (Wildman–Crippen LogP) is 2.10. The summed E-state index contributed by atoms with van der Waals surface area (Å²) in [5.74, 6) is 1.63. The van der Waals surface area contributed by atoms with Gasteiger partial charge in [0.05, 0.1) is 13.2 Å². The highest BCUT2D eigenvalue weighted by Crippen LogP contribution is 2.32. The van der Waals surface area contributed by atoms with E-state index in [2.05, 4.69) is 17.1 Å². The Bertz CT molecular complexity index is 236.